The second-order valence-electron chi connectivity index (χ2n) is 3.15. The molecule has 1 aromatic carbocycles. The van der Waals surface area contributed by atoms with Crippen LogP contribution in [0.1, 0.15) is 5.56 Å². The van der Waals surface area contributed by atoms with E-state index in [1.54, 1.807) is 4.90 Å². The smallest absolute Gasteiger partial charge is 0.142 e. The molecule has 0 saturated carbocycles. The molecule has 13 heavy (non-hydrogen) atoms. The fraction of sp³-hybridized carbons (Fsp3) is 0.300. The van der Waals surface area contributed by atoms with Crippen LogP contribution in [0.5, 0.6) is 0 Å². The molecule has 1 aromatic rings. The Morgan fingerprint density at radius 3 is 3.00 bits per heavy atom. The molecule has 1 atom stereocenters. The van der Waals surface area contributed by atoms with Crippen molar-refractivity contribution in [1.82, 2.24) is 0 Å². The predicted molar refractivity (Wildman–Crippen MR) is 49.6 cm³/mol. The number of nitrogens with zero attached hydrogens (tertiary/aromatic N) is 1. The zero-order valence-electron chi connectivity index (χ0n) is 7.18. The van der Waals surface area contributed by atoms with Crippen LogP contribution >= 0.6 is 0 Å². The van der Waals surface area contributed by atoms with Gasteiger partial charge < -0.3 is 14.8 Å². The zero-order valence-corrected chi connectivity index (χ0v) is 7.18. The first-order valence-electron chi connectivity index (χ1n) is 4.27. The van der Waals surface area contributed by atoms with E-state index in [4.69, 9.17) is 5.11 Å². The molecule has 1 heterocycles. The number of hydrogen-bond acceptors (Lipinski definition) is 3. The van der Waals surface area contributed by atoms with Crippen molar-refractivity contribution in [3.05, 3.63) is 29.8 Å². The van der Waals surface area contributed by atoms with E-state index in [9.17, 15) is 4.79 Å². The molecule has 0 bridgehead atoms. The lowest BCUT2D eigenvalue weighted by molar-refractivity contribution is -0.109. The second kappa shape index (κ2) is 3.18. The molecular formula is C10H11NO2. The third-order valence-electron chi connectivity index (χ3n) is 2.44. The third kappa shape index (κ3) is 1.21. The number of carbonyl (C=O) groups excluding carboxylic acids is 1. The van der Waals surface area contributed by atoms with Gasteiger partial charge in [-0.3, -0.25) is 0 Å². The van der Waals surface area contributed by atoms with Crippen LogP contribution in [0, 0.1) is 0 Å². The average Bonchev–Trinajstić information content (AvgIpc) is 2.55. The summed E-state index contributed by atoms with van der Waals surface area (Å²) in [7, 11) is 0. The molecule has 3 nitrogen and oxygen atoms in total. The van der Waals surface area contributed by atoms with E-state index in [0.29, 0.717) is 6.42 Å². The van der Waals surface area contributed by atoms with E-state index in [1.807, 2.05) is 24.3 Å². The largest absolute Gasteiger partial charge is 0.376 e. The van der Waals surface area contributed by atoms with Gasteiger partial charge in [-0.2, -0.15) is 0 Å². The van der Waals surface area contributed by atoms with Crippen LogP contribution in [0.4, 0.5) is 5.69 Å². The fourth-order valence-electron chi connectivity index (χ4n) is 1.78. The first kappa shape index (κ1) is 8.26. The Hall–Kier alpha value is -1.35. The van der Waals surface area contributed by atoms with Crippen LogP contribution in [0.25, 0.3) is 0 Å². The van der Waals surface area contributed by atoms with Gasteiger partial charge >= 0.3 is 0 Å². The highest BCUT2D eigenvalue weighted by Crippen LogP contribution is 2.30. The van der Waals surface area contributed by atoms with E-state index in [2.05, 4.69) is 0 Å². The molecular weight excluding hydrogens is 166 g/mol. The monoisotopic (exact) mass is 177 g/mol. The van der Waals surface area contributed by atoms with E-state index in [-0.39, 0.29) is 12.8 Å². The van der Waals surface area contributed by atoms with Crippen LogP contribution in [-0.4, -0.2) is 24.2 Å². The molecule has 0 saturated heterocycles. The summed E-state index contributed by atoms with van der Waals surface area (Å²) in [5, 5.41) is 9.08. The van der Waals surface area contributed by atoms with Gasteiger partial charge in [0, 0.05) is 12.1 Å². The maximum absolute atomic E-state index is 10.7. The SMILES string of the molecule is O=CC1Cc2ccccc2N1CO. The summed E-state index contributed by atoms with van der Waals surface area (Å²) in [6.45, 7) is -0.0968. The van der Waals surface area contributed by atoms with Crippen LogP contribution in [-0.2, 0) is 11.2 Å². The highest BCUT2D eigenvalue weighted by atomic mass is 16.3. The topological polar surface area (TPSA) is 40.5 Å². The molecule has 3 heteroatoms. The summed E-state index contributed by atoms with van der Waals surface area (Å²) in [5.74, 6) is 0. The lowest BCUT2D eigenvalue weighted by Gasteiger charge is -2.20. The minimum absolute atomic E-state index is 0.0968. The number of anilines is 1. The van der Waals surface area contributed by atoms with Crippen molar-refractivity contribution in [1.29, 1.82) is 0 Å². The number of aliphatic hydroxyl groups excluding tert-OH is 1. The van der Waals surface area contributed by atoms with Crippen molar-refractivity contribution in [2.45, 2.75) is 12.5 Å². The van der Waals surface area contributed by atoms with E-state index in [1.165, 1.54) is 0 Å². The summed E-state index contributed by atoms with van der Waals surface area (Å²) in [6.07, 6.45) is 1.59. The number of hydrogen-bond donors (Lipinski definition) is 1. The quantitative estimate of drug-likeness (QED) is 0.671. The summed E-state index contributed by atoms with van der Waals surface area (Å²) < 4.78 is 0. The molecule has 1 unspecified atom stereocenters. The molecule has 0 radical (unpaired) electrons. The van der Waals surface area contributed by atoms with Crippen LogP contribution in [0.15, 0.2) is 24.3 Å². The summed E-state index contributed by atoms with van der Waals surface area (Å²) in [5.41, 5.74) is 2.11. The van der Waals surface area contributed by atoms with Crippen LogP contribution in [0.3, 0.4) is 0 Å². The lowest BCUT2D eigenvalue weighted by Crippen LogP contribution is -2.33. The Kier molecular flexibility index (Phi) is 2.02. The van der Waals surface area contributed by atoms with Gasteiger partial charge in [-0.15, -0.1) is 0 Å². The highest BCUT2D eigenvalue weighted by Gasteiger charge is 2.27. The fourth-order valence-corrected chi connectivity index (χ4v) is 1.78. The van der Waals surface area contributed by atoms with E-state index >= 15 is 0 Å². The highest BCUT2D eigenvalue weighted by molar-refractivity contribution is 5.73. The van der Waals surface area contributed by atoms with Gasteiger partial charge in [-0.25, -0.2) is 0 Å². The lowest BCUT2D eigenvalue weighted by atomic mass is 10.1. The Morgan fingerprint density at radius 1 is 1.54 bits per heavy atom. The zero-order chi connectivity index (χ0) is 9.26. The minimum atomic E-state index is -0.192. The summed E-state index contributed by atoms with van der Waals surface area (Å²) in [6, 6.07) is 7.58. The number of rotatable bonds is 2. The first-order chi connectivity index (χ1) is 6.36. The maximum Gasteiger partial charge on any atom is 0.142 e. The van der Waals surface area contributed by atoms with Crippen molar-refractivity contribution in [3.63, 3.8) is 0 Å². The number of fused-ring (bicyclic) bond motifs is 1. The molecule has 68 valence electrons. The van der Waals surface area contributed by atoms with Gasteiger partial charge in [0.05, 0.1) is 6.04 Å². The number of para-hydroxylation sites is 1. The molecule has 1 N–H and O–H groups in total. The first-order valence-corrected chi connectivity index (χ1v) is 4.27. The Labute approximate surface area is 76.6 Å². The minimum Gasteiger partial charge on any atom is -0.376 e. The van der Waals surface area contributed by atoms with Crippen LogP contribution in [0.2, 0.25) is 0 Å². The van der Waals surface area contributed by atoms with E-state index < -0.39 is 0 Å². The molecule has 0 amide bonds. The number of aldehydes is 1. The molecule has 1 aliphatic heterocycles. The third-order valence-corrected chi connectivity index (χ3v) is 2.44. The van der Waals surface area contributed by atoms with Gasteiger partial charge in [0.1, 0.15) is 13.0 Å². The van der Waals surface area contributed by atoms with Gasteiger partial charge in [-0.05, 0) is 11.6 Å². The standard InChI is InChI=1S/C10H11NO2/c12-6-9-5-8-3-1-2-4-10(8)11(9)7-13/h1-4,6,9,13H,5,7H2. The summed E-state index contributed by atoms with van der Waals surface area (Å²) >= 11 is 0. The van der Waals surface area contributed by atoms with Gasteiger partial charge in [0.25, 0.3) is 0 Å². The van der Waals surface area contributed by atoms with Gasteiger partial charge in [0.2, 0.25) is 0 Å². The molecule has 2 rings (SSSR count). The van der Waals surface area contributed by atoms with Gasteiger partial charge in [0.15, 0.2) is 0 Å². The Bertz CT molecular complexity index is 324. The predicted octanol–water partition coefficient (Wildman–Crippen LogP) is 0.566. The Morgan fingerprint density at radius 2 is 2.31 bits per heavy atom. The molecule has 0 aliphatic carbocycles. The molecule has 0 fully saturated rings. The van der Waals surface area contributed by atoms with Crippen molar-refractivity contribution in [2.24, 2.45) is 0 Å². The average molecular weight is 177 g/mol. The molecule has 1 aliphatic rings. The number of benzene rings is 1. The van der Waals surface area contributed by atoms with Crippen molar-refractivity contribution >= 4 is 12.0 Å². The second-order valence-corrected chi connectivity index (χ2v) is 3.15. The molecule has 0 spiro atoms. The van der Waals surface area contributed by atoms with Crippen LogP contribution < -0.4 is 4.90 Å². The number of carbonyl (C=O) groups is 1. The Balaban J connectivity index is 2.39. The van der Waals surface area contributed by atoms with E-state index in [0.717, 1.165) is 17.5 Å². The maximum atomic E-state index is 10.7. The van der Waals surface area contributed by atoms with Crippen molar-refractivity contribution < 1.29 is 9.90 Å². The van der Waals surface area contributed by atoms with Crippen molar-refractivity contribution in [3.8, 4) is 0 Å². The van der Waals surface area contributed by atoms with Crippen molar-refractivity contribution in [2.75, 3.05) is 11.6 Å². The summed E-state index contributed by atoms with van der Waals surface area (Å²) in [4.78, 5) is 12.4. The normalized spacial score (nSPS) is 20.1. The van der Waals surface area contributed by atoms with Gasteiger partial charge in [-0.1, -0.05) is 18.2 Å². The number of aliphatic hydroxyl groups is 1. The molecule has 0 aromatic heterocycles.